The van der Waals surface area contributed by atoms with Gasteiger partial charge in [-0.25, -0.2) is 9.18 Å². The minimum Gasteiger partial charge on any atom is -0.488 e. The van der Waals surface area contributed by atoms with Gasteiger partial charge in [0, 0.05) is 40.5 Å². The van der Waals surface area contributed by atoms with Crippen LogP contribution in [0.4, 0.5) is 10.1 Å². The molecule has 0 radical (unpaired) electrons. The molecule has 8 heteroatoms. The van der Waals surface area contributed by atoms with Gasteiger partial charge in [-0.05, 0) is 48.7 Å². The average molecular weight is 461 g/mol. The fourth-order valence-corrected chi connectivity index (χ4v) is 4.09. The second-order valence-electron chi connectivity index (χ2n) is 7.29. The highest BCUT2D eigenvalue weighted by atomic mass is 35.5. The number of rotatable bonds is 6. The minimum absolute atomic E-state index is 0.0406. The first kappa shape index (κ1) is 21.4. The molecule has 31 heavy (non-hydrogen) atoms. The van der Waals surface area contributed by atoms with Crippen LogP contribution in [0.3, 0.4) is 0 Å². The van der Waals surface area contributed by atoms with Crippen LogP contribution in [0.5, 0.6) is 5.75 Å². The number of carbonyl (C=O) groups is 1. The van der Waals surface area contributed by atoms with Crippen LogP contribution in [-0.2, 0) is 19.6 Å². The number of anilines is 1. The van der Waals surface area contributed by atoms with Gasteiger partial charge in [0.25, 0.3) is 0 Å². The highest BCUT2D eigenvalue weighted by molar-refractivity contribution is 6.30. The van der Waals surface area contributed by atoms with Crippen molar-refractivity contribution in [2.75, 3.05) is 11.4 Å². The molecular formula is C23H19Cl2FN2O3. The topological polar surface area (TPSA) is 62.7 Å². The number of hydrogen-bond acceptors (Lipinski definition) is 4. The van der Waals surface area contributed by atoms with E-state index in [9.17, 15) is 14.3 Å². The van der Waals surface area contributed by atoms with E-state index >= 15 is 0 Å². The predicted octanol–water partition coefficient (Wildman–Crippen LogP) is 5.76. The Labute approximate surface area is 189 Å². The molecule has 2 heterocycles. The van der Waals surface area contributed by atoms with Crippen LogP contribution >= 0.6 is 23.2 Å². The van der Waals surface area contributed by atoms with Crippen LogP contribution in [0.15, 0.2) is 48.8 Å². The number of nitrogens with zero attached hydrogens (tertiary/aromatic N) is 2. The first-order valence-corrected chi connectivity index (χ1v) is 10.5. The molecule has 5 nitrogen and oxygen atoms in total. The van der Waals surface area contributed by atoms with Gasteiger partial charge in [0.15, 0.2) is 0 Å². The van der Waals surface area contributed by atoms with E-state index in [1.165, 1.54) is 12.3 Å². The van der Waals surface area contributed by atoms with Crippen LogP contribution in [0.2, 0.25) is 10.0 Å². The molecule has 1 N–H and O–H groups in total. The first-order chi connectivity index (χ1) is 14.9. The monoisotopic (exact) mass is 460 g/mol. The van der Waals surface area contributed by atoms with Crippen molar-refractivity contribution < 1.29 is 19.0 Å². The second kappa shape index (κ2) is 9.12. The van der Waals surface area contributed by atoms with Gasteiger partial charge in [0.05, 0.1) is 17.4 Å². The van der Waals surface area contributed by atoms with Gasteiger partial charge in [-0.1, -0.05) is 29.3 Å². The Kier molecular flexibility index (Phi) is 6.30. The van der Waals surface area contributed by atoms with Crippen LogP contribution in [-0.4, -0.2) is 22.6 Å². The zero-order valence-corrected chi connectivity index (χ0v) is 18.0. The Hall–Kier alpha value is -2.83. The van der Waals surface area contributed by atoms with Crippen LogP contribution in [0.1, 0.15) is 33.5 Å². The highest BCUT2D eigenvalue weighted by Crippen LogP contribution is 2.33. The number of aromatic nitrogens is 1. The molecule has 0 unspecified atom stereocenters. The maximum absolute atomic E-state index is 14.1. The molecule has 1 aliphatic rings. The van der Waals surface area contributed by atoms with Gasteiger partial charge in [0.1, 0.15) is 18.2 Å². The fraction of sp³-hybridized carbons (Fsp3) is 0.217. The lowest BCUT2D eigenvalue weighted by Gasteiger charge is -2.32. The molecule has 0 atom stereocenters. The second-order valence-corrected chi connectivity index (χ2v) is 8.16. The van der Waals surface area contributed by atoms with Crippen molar-refractivity contribution >= 4 is 34.9 Å². The van der Waals surface area contributed by atoms with E-state index in [2.05, 4.69) is 9.88 Å². The van der Waals surface area contributed by atoms with E-state index in [1.807, 2.05) is 0 Å². The lowest BCUT2D eigenvalue weighted by molar-refractivity contribution is 0.0695. The zero-order chi connectivity index (χ0) is 22.0. The molecule has 0 saturated heterocycles. The van der Waals surface area contributed by atoms with Gasteiger partial charge in [-0.3, -0.25) is 4.98 Å². The van der Waals surface area contributed by atoms with E-state index in [0.717, 1.165) is 29.8 Å². The largest absolute Gasteiger partial charge is 0.488 e. The summed E-state index contributed by atoms with van der Waals surface area (Å²) < 4.78 is 20.0. The Morgan fingerprint density at radius 3 is 2.68 bits per heavy atom. The molecule has 0 saturated carbocycles. The molecule has 0 bridgehead atoms. The molecule has 3 aromatic rings. The molecular weight excluding hydrogens is 442 g/mol. The zero-order valence-electron chi connectivity index (χ0n) is 16.4. The lowest BCUT2D eigenvalue weighted by Crippen LogP contribution is -2.30. The number of carboxylic acid groups (broad SMARTS) is 1. The molecule has 2 aromatic carbocycles. The average Bonchev–Trinajstić information content (AvgIpc) is 2.74. The number of fused-ring (bicyclic) bond motifs is 1. The van der Waals surface area contributed by atoms with E-state index < -0.39 is 11.8 Å². The summed E-state index contributed by atoms with van der Waals surface area (Å²) in [4.78, 5) is 17.8. The fourth-order valence-electron chi connectivity index (χ4n) is 3.74. The number of pyridine rings is 1. The van der Waals surface area contributed by atoms with Gasteiger partial charge in [-0.15, -0.1) is 0 Å². The van der Waals surface area contributed by atoms with Gasteiger partial charge in [-0.2, -0.15) is 0 Å². The summed E-state index contributed by atoms with van der Waals surface area (Å²) in [6.45, 7) is 1.24. The summed E-state index contributed by atoms with van der Waals surface area (Å²) in [6.07, 6.45) is 4.59. The van der Waals surface area contributed by atoms with Gasteiger partial charge >= 0.3 is 5.97 Å². The van der Waals surface area contributed by atoms with Gasteiger partial charge < -0.3 is 14.7 Å². The van der Waals surface area contributed by atoms with E-state index in [-0.39, 0.29) is 12.2 Å². The molecule has 0 spiro atoms. The molecule has 0 amide bonds. The maximum atomic E-state index is 14.1. The van der Waals surface area contributed by atoms with E-state index in [0.29, 0.717) is 34.3 Å². The normalized spacial score (nSPS) is 13.1. The summed E-state index contributed by atoms with van der Waals surface area (Å²) in [6, 6.07) is 9.73. The third kappa shape index (κ3) is 4.75. The van der Waals surface area contributed by atoms with Crippen molar-refractivity contribution in [1.29, 1.82) is 0 Å². The number of carboxylic acids is 1. The minimum atomic E-state index is -0.983. The molecule has 160 valence electrons. The Morgan fingerprint density at radius 2 is 1.90 bits per heavy atom. The van der Waals surface area contributed by atoms with Crippen molar-refractivity contribution in [3.05, 3.63) is 86.9 Å². The first-order valence-electron chi connectivity index (χ1n) is 9.72. The Morgan fingerprint density at radius 1 is 1.13 bits per heavy atom. The quantitative estimate of drug-likeness (QED) is 0.506. The number of aromatic carboxylic acids is 1. The van der Waals surface area contributed by atoms with E-state index in [1.54, 1.807) is 36.5 Å². The molecule has 0 fully saturated rings. The summed E-state index contributed by atoms with van der Waals surface area (Å²) in [5.41, 5.74) is 3.00. The summed E-state index contributed by atoms with van der Waals surface area (Å²) in [5.74, 6) is -0.837. The van der Waals surface area contributed by atoms with Crippen LogP contribution < -0.4 is 9.64 Å². The highest BCUT2D eigenvalue weighted by Gasteiger charge is 2.23. The Bertz CT molecular complexity index is 1140. The number of halogens is 3. The molecule has 1 aromatic heterocycles. The van der Waals surface area contributed by atoms with Crippen molar-refractivity contribution in [1.82, 2.24) is 4.98 Å². The lowest BCUT2D eigenvalue weighted by atomic mass is 9.98. The number of hydrogen-bond donors (Lipinski definition) is 1. The third-order valence-corrected chi connectivity index (χ3v) is 5.71. The number of ether oxygens (including phenoxy) is 1. The Balaban J connectivity index is 1.59. The molecule has 1 aliphatic heterocycles. The van der Waals surface area contributed by atoms with E-state index in [4.69, 9.17) is 27.9 Å². The third-order valence-electron chi connectivity index (χ3n) is 5.24. The molecule has 0 aliphatic carbocycles. The maximum Gasteiger partial charge on any atom is 0.337 e. The van der Waals surface area contributed by atoms with Crippen molar-refractivity contribution in [3.63, 3.8) is 0 Å². The van der Waals surface area contributed by atoms with Crippen LogP contribution in [0.25, 0.3) is 0 Å². The predicted molar refractivity (Wildman–Crippen MR) is 118 cm³/mol. The smallest absolute Gasteiger partial charge is 0.337 e. The van der Waals surface area contributed by atoms with Crippen molar-refractivity contribution in [3.8, 4) is 5.75 Å². The molecule has 4 rings (SSSR count). The summed E-state index contributed by atoms with van der Waals surface area (Å²) >= 11 is 12.0. The number of benzene rings is 2. The van der Waals surface area contributed by atoms with Crippen LogP contribution in [0, 0.1) is 5.82 Å². The van der Waals surface area contributed by atoms with Crippen molar-refractivity contribution in [2.24, 2.45) is 0 Å². The van der Waals surface area contributed by atoms with Crippen molar-refractivity contribution in [2.45, 2.75) is 26.0 Å². The standard InChI is InChI=1S/C23H19Cl2FN2O3/c24-16-5-6-22(31-13-14-3-4-17(25)9-20(14)26)15(8-16)12-28-7-1-2-18-19(23(29)30)10-27-11-21(18)28/h3-6,8-11H,1-2,7,12-13H2,(H,29,30). The summed E-state index contributed by atoms with van der Waals surface area (Å²) in [7, 11) is 0. The van der Waals surface area contributed by atoms with Gasteiger partial charge in [0.2, 0.25) is 0 Å². The summed E-state index contributed by atoms with van der Waals surface area (Å²) in [5, 5.41) is 10.4. The SMILES string of the molecule is O=C(O)c1cncc2c1CCCN2Cc1cc(Cl)ccc1OCc1ccc(Cl)cc1F.